The van der Waals surface area contributed by atoms with E-state index in [2.05, 4.69) is 15.9 Å². The zero-order valence-electron chi connectivity index (χ0n) is 9.32. The van der Waals surface area contributed by atoms with E-state index in [0.29, 0.717) is 12.3 Å². The van der Waals surface area contributed by atoms with Crippen LogP contribution in [0.1, 0.15) is 19.3 Å². The highest BCUT2D eigenvalue weighted by atomic mass is 79.9. The van der Waals surface area contributed by atoms with Crippen LogP contribution in [0.15, 0.2) is 0 Å². The summed E-state index contributed by atoms with van der Waals surface area (Å²) in [6.07, 6.45) is 2.78. The van der Waals surface area contributed by atoms with Crippen LogP contribution < -0.4 is 0 Å². The lowest BCUT2D eigenvalue weighted by atomic mass is 10.2. The van der Waals surface area contributed by atoms with Gasteiger partial charge >= 0.3 is 0 Å². The van der Waals surface area contributed by atoms with Gasteiger partial charge in [-0.1, -0.05) is 15.9 Å². The first kappa shape index (κ1) is 11.9. The highest BCUT2D eigenvalue weighted by molar-refractivity contribution is 9.09. The van der Waals surface area contributed by atoms with Gasteiger partial charge in [0.1, 0.15) is 0 Å². The summed E-state index contributed by atoms with van der Waals surface area (Å²) in [5, 5.41) is 0.840. The van der Waals surface area contributed by atoms with Crippen molar-refractivity contribution in [3.8, 4) is 0 Å². The maximum atomic E-state index is 11.9. The Morgan fingerprint density at radius 1 is 1.38 bits per heavy atom. The number of hydrogen-bond donors (Lipinski definition) is 0. The molecule has 5 heteroatoms. The zero-order chi connectivity index (χ0) is 11.5. The number of halogens is 1. The van der Waals surface area contributed by atoms with Gasteiger partial charge in [-0.25, -0.2) is 0 Å². The van der Waals surface area contributed by atoms with Crippen molar-refractivity contribution in [2.45, 2.75) is 19.3 Å². The minimum Gasteiger partial charge on any atom is -0.341 e. The van der Waals surface area contributed by atoms with E-state index >= 15 is 0 Å². The zero-order valence-corrected chi connectivity index (χ0v) is 10.9. The summed E-state index contributed by atoms with van der Waals surface area (Å²) in [6, 6.07) is 0. The Balaban J connectivity index is 1.85. The third kappa shape index (κ3) is 2.56. The Morgan fingerprint density at radius 3 is 2.62 bits per heavy atom. The molecule has 0 radical (unpaired) electrons. The van der Waals surface area contributed by atoms with Crippen LogP contribution in [-0.2, 0) is 9.59 Å². The standard InChI is InChI=1S/C11H17BrN2O2/c12-6-9-5-10(15)14(7-9)8-11(16)13-3-1-2-4-13/h9H,1-8H2. The van der Waals surface area contributed by atoms with E-state index in [1.54, 1.807) is 4.90 Å². The Hall–Kier alpha value is -0.580. The van der Waals surface area contributed by atoms with Gasteiger partial charge in [0.25, 0.3) is 0 Å². The first-order valence-corrected chi connectivity index (χ1v) is 6.94. The van der Waals surface area contributed by atoms with Crippen LogP contribution in [0.5, 0.6) is 0 Å². The number of hydrogen-bond acceptors (Lipinski definition) is 2. The van der Waals surface area contributed by atoms with Gasteiger partial charge in [0.2, 0.25) is 11.8 Å². The van der Waals surface area contributed by atoms with Gasteiger partial charge in [-0.05, 0) is 18.8 Å². The highest BCUT2D eigenvalue weighted by Gasteiger charge is 2.31. The Labute approximate surface area is 104 Å². The molecule has 1 unspecified atom stereocenters. The molecule has 1 atom stereocenters. The summed E-state index contributed by atoms with van der Waals surface area (Å²) in [5.41, 5.74) is 0. The first-order valence-electron chi connectivity index (χ1n) is 5.82. The summed E-state index contributed by atoms with van der Waals surface area (Å²) < 4.78 is 0. The quantitative estimate of drug-likeness (QED) is 0.723. The second kappa shape index (κ2) is 5.17. The van der Waals surface area contributed by atoms with Crippen molar-refractivity contribution in [2.24, 2.45) is 5.92 Å². The number of likely N-dealkylation sites (tertiary alicyclic amines) is 2. The minimum atomic E-state index is 0.112. The van der Waals surface area contributed by atoms with E-state index in [4.69, 9.17) is 0 Å². The van der Waals surface area contributed by atoms with Crippen molar-refractivity contribution < 1.29 is 9.59 Å². The fraction of sp³-hybridized carbons (Fsp3) is 0.818. The van der Waals surface area contributed by atoms with Crippen molar-refractivity contribution in [2.75, 3.05) is 31.5 Å². The van der Waals surface area contributed by atoms with E-state index in [-0.39, 0.29) is 18.4 Å². The molecule has 0 aromatic rings. The molecule has 16 heavy (non-hydrogen) atoms. The van der Waals surface area contributed by atoms with Gasteiger partial charge in [-0.15, -0.1) is 0 Å². The molecule has 2 rings (SSSR count). The third-order valence-corrected chi connectivity index (χ3v) is 4.21. The molecule has 0 aromatic heterocycles. The molecule has 0 spiro atoms. The van der Waals surface area contributed by atoms with Gasteiger partial charge in [0, 0.05) is 31.4 Å². The molecule has 2 amide bonds. The summed E-state index contributed by atoms with van der Waals surface area (Å²) in [4.78, 5) is 27.1. The fourth-order valence-electron chi connectivity index (χ4n) is 2.34. The van der Waals surface area contributed by atoms with E-state index < -0.39 is 0 Å². The molecule has 2 aliphatic heterocycles. The smallest absolute Gasteiger partial charge is 0.242 e. The lowest BCUT2D eigenvalue weighted by molar-refractivity contribution is -0.137. The Kier molecular flexibility index (Phi) is 3.84. The Bertz CT molecular complexity index is 290. The van der Waals surface area contributed by atoms with E-state index in [0.717, 1.165) is 37.8 Å². The maximum Gasteiger partial charge on any atom is 0.242 e. The van der Waals surface area contributed by atoms with Crippen LogP contribution in [-0.4, -0.2) is 53.1 Å². The summed E-state index contributed by atoms with van der Waals surface area (Å²) in [6.45, 7) is 2.73. The molecule has 2 fully saturated rings. The van der Waals surface area contributed by atoms with E-state index in [1.165, 1.54) is 0 Å². The molecule has 0 N–H and O–H groups in total. The second-order valence-electron chi connectivity index (χ2n) is 4.59. The molecule has 90 valence electrons. The maximum absolute atomic E-state index is 11.9. The number of carbonyl (C=O) groups is 2. The average Bonchev–Trinajstić information content (AvgIpc) is 2.88. The lowest BCUT2D eigenvalue weighted by Gasteiger charge is -2.20. The molecule has 0 bridgehead atoms. The molecular weight excluding hydrogens is 272 g/mol. The van der Waals surface area contributed by atoms with Gasteiger partial charge in [0.05, 0.1) is 6.54 Å². The molecule has 4 nitrogen and oxygen atoms in total. The molecule has 0 saturated carbocycles. The monoisotopic (exact) mass is 288 g/mol. The van der Waals surface area contributed by atoms with Crippen LogP contribution >= 0.6 is 15.9 Å². The van der Waals surface area contributed by atoms with Crippen molar-refractivity contribution in [3.05, 3.63) is 0 Å². The average molecular weight is 289 g/mol. The fourth-order valence-corrected chi connectivity index (χ4v) is 2.77. The predicted molar refractivity (Wildman–Crippen MR) is 64.3 cm³/mol. The topological polar surface area (TPSA) is 40.6 Å². The van der Waals surface area contributed by atoms with Crippen molar-refractivity contribution in [3.63, 3.8) is 0 Å². The van der Waals surface area contributed by atoms with Gasteiger partial charge in [0.15, 0.2) is 0 Å². The molecule has 2 heterocycles. The van der Waals surface area contributed by atoms with E-state index in [9.17, 15) is 9.59 Å². The first-order chi connectivity index (χ1) is 7.70. The summed E-state index contributed by atoms with van der Waals surface area (Å²) in [7, 11) is 0. The van der Waals surface area contributed by atoms with Crippen molar-refractivity contribution in [1.29, 1.82) is 0 Å². The highest BCUT2D eigenvalue weighted by Crippen LogP contribution is 2.19. The Morgan fingerprint density at radius 2 is 2.06 bits per heavy atom. The van der Waals surface area contributed by atoms with Crippen LogP contribution in [0.3, 0.4) is 0 Å². The molecule has 0 aromatic carbocycles. The van der Waals surface area contributed by atoms with Crippen molar-refractivity contribution >= 4 is 27.7 Å². The number of carbonyl (C=O) groups excluding carboxylic acids is 2. The molecule has 2 saturated heterocycles. The molecule has 0 aliphatic carbocycles. The molecule has 2 aliphatic rings. The number of nitrogens with zero attached hydrogens (tertiary/aromatic N) is 2. The number of alkyl halides is 1. The molecular formula is C11H17BrN2O2. The van der Waals surface area contributed by atoms with Crippen molar-refractivity contribution in [1.82, 2.24) is 9.80 Å². The second-order valence-corrected chi connectivity index (χ2v) is 5.23. The van der Waals surface area contributed by atoms with Crippen LogP contribution in [0.2, 0.25) is 0 Å². The van der Waals surface area contributed by atoms with Gasteiger partial charge < -0.3 is 9.80 Å². The predicted octanol–water partition coefficient (Wildman–Crippen LogP) is 0.852. The van der Waals surface area contributed by atoms with Crippen LogP contribution in [0.4, 0.5) is 0 Å². The van der Waals surface area contributed by atoms with Crippen LogP contribution in [0.25, 0.3) is 0 Å². The SMILES string of the molecule is O=C(CN1CC(CBr)CC1=O)N1CCCC1. The summed E-state index contributed by atoms with van der Waals surface area (Å²) in [5.74, 6) is 0.608. The van der Waals surface area contributed by atoms with Gasteiger partial charge in [-0.3, -0.25) is 9.59 Å². The third-order valence-electron chi connectivity index (χ3n) is 3.30. The van der Waals surface area contributed by atoms with E-state index in [1.807, 2.05) is 4.90 Å². The largest absolute Gasteiger partial charge is 0.341 e. The summed E-state index contributed by atoms with van der Waals surface area (Å²) >= 11 is 3.39. The van der Waals surface area contributed by atoms with Crippen LogP contribution in [0, 0.1) is 5.92 Å². The van der Waals surface area contributed by atoms with Gasteiger partial charge in [-0.2, -0.15) is 0 Å². The lowest BCUT2D eigenvalue weighted by Crippen LogP contribution is -2.39. The number of rotatable bonds is 3. The minimum absolute atomic E-state index is 0.112. The normalized spacial score (nSPS) is 25.6. The number of amides is 2.